The van der Waals surface area contributed by atoms with Crippen LogP contribution in [0.1, 0.15) is 34.9 Å². The van der Waals surface area contributed by atoms with Crippen LogP contribution < -0.4 is 9.64 Å². The van der Waals surface area contributed by atoms with Crippen LogP contribution in [-0.2, 0) is 16.0 Å². The van der Waals surface area contributed by atoms with Crippen molar-refractivity contribution in [2.45, 2.75) is 25.3 Å². The van der Waals surface area contributed by atoms with Crippen LogP contribution in [0.25, 0.3) is 0 Å². The second-order valence-corrected chi connectivity index (χ2v) is 8.88. The van der Waals surface area contributed by atoms with Crippen LogP contribution in [0.2, 0.25) is 0 Å². The Balaban J connectivity index is 1.29. The number of carbonyl (C=O) groups excluding carboxylic acids is 2. The molecule has 3 heterocycles. The molecule has 1 saturated heterocycles. The van der Waals surface area contributed by atoms with Crippen molar-refractivity contribution in [3.63, 3.8) is 0 Å². The van der Waals surface area contributed by atoms with E-state index in [-0.39, 0.29) is 24.5 Å². The van der Waals surface area contributed by atoms with Gasteiger partial charge in [0, 0.05) is 30.1 Å². The number of carbonyl (C=O) groups is 2. The minimum absolute atomic E-state index is 0.00913. The van der Waals surface area contributed by atoms with E-state index in [0.717, 1.165) is 30.6 Å². The molecule has 5 rings (SSSR count). The number of fused-ring (bicyclic) bond motifs is 1. The fourth-order valence-corrected chi connectivity index (χ4v) is 5.36. The van der Waals surface area contributed by atoms with Crippen LogP contribution >= 0.6 is 11.3 Å². The van der Waals surface area contributed by atoms with E-state index in [1.54, 1.807) is 16.2 Å². The van der Waals surface area contributed by atoms with E-state index in [0.29, 0.717) is 18.7 Å². The molecular formula is C25H24N2O3S. The van der Waals surface area contributed by atoms with Crippen LogP contribution in [0, 0.1) is 0 Å². The monoisotopic (exact) mass is 432 g/mol. The molecule has 0 N–H and O–H groups in total. The third-order valence-electron chi connectivity index (χ3n) is 5.99. The molecule has 2 aliphatic rings. The smallest absolute Gasteiger partial charge is 0.261 e. The summed E-state index contributed by atoms with van der Waals surface area (Å²) < 4.78 is 5.83. The van der Waals surface area contributed by atoms with Gasteiger partial charge in [-0.05, 0) is 59.7 Å². The molecule has 2 amide bonds. The van der Waals surface area contributed by atoms with E-state index in [2.05, 4.69) is 23.6 Å². The minimum atomic E-state index is -0.0733. The van der Waals surface area contributed by atoms with Gasteiger partial charge in [0.05, 0.1) is 6.04 Å². The number of thiophene rings is 1. The second kappa shape index (κ2) is 8.55. The fourth-order valence-electron chi connectivity index (χ4n) is 4.45. The van der Waals surface area contributed by atoms with Gasteiger partial charge in [-0.2, -0.15) is 0 Å². The predicted octanol–water partition coefficient (Wildman–Crippen LogP) is 4.43. The van der Waals surface area contributed by atoms with Crippen molar-refractivity contribution in [2.75, 3.05) is 24.6 Å². The Morgan fingerprint density at radius 1 is 1.00 bits per heavy atom. The van der Waals surface area contributed by atoms with Gasteiger partial charge in [-0.1, -0.05) is 30.3 Å². The Bertz CT molecular complexity index is 1080. The summed E-state index contributed by atoms with van der Waals surface area (Å²) >= 11 is 1.76. The van der Waals surface area contributed by atoms with Crippen molar-refractivity contribution in [1.82, 2.24) is 4.90 Å². The van der Waals surface area contributed by atoms with Crippen molar-refractivity contribution < 1.29 is 14.3 Å². The lowest BCUT2D eigenvalue weighted by atomic mass is 9.93. The summed E-state index contributed by atoms with van der Waals surface area (Å²) in [4.78, 5) is 30.2. The Kier molecular flexibility index (Phi) is 5.47. The number of ether oxygens (including phenoxy) is 1. The first-order valence-corrected chi connectivity index (χ1v) is 11.5. The number of rotatable bonds is 5. The van der Waals surface area contributed by atoms with Gasteiger partial charge in [0.2, 0.25) is 5.91 Å². The third-order valence-corrected chi connectivity index (χ3v) is 6.98. The molecule has 5 nitrogen and oxygen atoms in total. The molecule has 0 radical (unpaired) electrons. The van der Waals surface area contributed by atoms with Gasteiger partial charge in [-0.25, -0.2) is 0 Å². The molecule has 31 heavy (non-hydrogen) atoms. The van der Waals surface area contributed by atoms with Crippen molar-refractivity contribution in [3.8, 4) is 5.75 Å². The molecular weight excluding hydrogens is 408 g/mol. The van der Waals surface area contributed by atoms with Crippen LogP contribution in [0.5, 0.6) is 5.75 Å². The van der Waals surface area contributed by atoms with Crippen LogP contribution in [0.3, 0.4) is 0 Å². The van der Waals surface area contributed by atoms with E-state index >= 15 is 0 Å². The van der Waals surface area contributed by atoms with Gasteiger partial charge in [0.25, 0.3) is 5.91 Å². The molecule has 2 aromatic carbocycles. The summed E-state index contributed by atoms with van der Waals surface area (Å²) in [6.45, 7) is 1.44. The standard InChI is InChI=1S/C25H24N2O3S/c28-23-7-4-14-26(23)19-8-10-20(11-9-19)30-17-24(29)27-15-12-22-21(13-16-31-22)25(27)18-5-2-1-3-6-18/h1-3,5-6,8-11,13,16,25H,4,7,12,14-15,17H2/t25-/m1/s1. The molecule has 1 aromatic heterocycles. The lowest BCUT2D eigenvalue weighted by Crippen LogP contribution is -2.42. The van der Waals surface area contributed by atoms with Crippen molar-refractivity contribution in [1.29, 1.82) is 0 Å². The van der Waals surface area contributed by atoms with E-state index in [1.165, 1.54) is 10.4 Å². The first-order valence-electron chi connectivity index (χ1n) is 10.6. The van der Waals surface area contributed by atoms with Crippen LogP contribution in [0.15, 0.2) is 66.0 Å². The molecule has 6 heteroatoms. The van der Waals surface area contributed by atoms with Gasteiger partial charge in [-0.3, -0.25) is 9.59 Å². The molecule has 2 aliphatic heterocycles. The molecule has 0 aliphatic carbocycles. The molecule has 0 saturated carbocycles. The minimum Gasteiger partial charge on any atom is -0.484 e. The van der Waals surface area contributed by atoms with E-state index in [4.69, 9.17) is 4.74 Å². The average molecular weight is 433 g/mol. The highest BCUT2D eigenvalue weighted by molar-refractivity contribution is 7.10. The first kappa shape index (κ1) is 19.8. The summed E-state index contributed by atoms with van der Waals surface area (Å²) in [5, 5.41) is 2.11. The van der Waals surface area contributed by atoms with Crippen molar-refractivity contribution in [3.05, 3.63) is 82.0 Å². The Hall–Kier alpha value is -3.12. The molecule has 0 unspecified atom stereocenters. The van der Waals surface area contributed by atoms with Crippen LogP contribution in [-0.4, -0.2) is 36.4 Å². The highest BCUT2D eigenvalue weighted by Crippen LogP contribution is 2.37. The second-order valence-electron chi connectivity index (χ2n) is 7.88. The molecule has 158 valence electrons. The summed E-state index contributed by atoms with van der Waals surface area (Å²) in [5.74, 6) is 0.770. The number of anilines is 1. The zero-order chi connectivity index (χ0) is 21.2. The molecule has 3 aromatic rings. The van der Waals surface area contributed by atoms with Crippen LogP contribution in [0.4, 0.5) is 5.69 Å². The predicted molar refractivity (Wildman–Crippen MR) is 122 cm³/mol. The topological polar surface area (TPSA) is 49.9 Å². The maximum atomic E-state index is 13.2. The van der Waals surface area contributed by atoms with Gasteiger partial charge >= 0.3 is 0 Å². The summed E-state index contributed by atoms with van der Waals surface area (Å²) in [6, 6.07) is 19.7. The first-order chi connectivity index (χ1) is 15.2. The Morgan fingerprint density at radius 3 is 2.55 bits per heavy atom. The van der Waals surface area contributed by atoms with Crippen molar-refractivity contribution in [2.24, 2.45) is 0 Å². The normalized spacial score (nSPS) is 18.2. The SMILES string of the molecule is O=C1CCCN1c1ccc(OCC(=O)N2CCc3sccc3[C@H]2c2ccccc2)cc1. The Morgan fingerprint density at radius 2 is 1.81 bits per heavy atom. The highest BCUT2D eigenvalue weighted by atomic mass is 32.1. The zero-order valence-corrected chi connectivity index (χ0v) is 18.0. The maximum absolute atomic E-state index is 13.2. The van der Waals surface area contributed by atoms with Gasteiger partial charge < -0.3 is 14.5 Å². The summed E-state index contributed by atoms with van der Waals surface area (Å²) in [6.07, 6.45) is 2.38. The average Bonchev–Trinajstić information content (AvgIpc) is 3.46. The molecule has 0 bridgehead atoms. The number of hydrogen-bond donors (Lipinski definition) is 0. The van der Waals surface area contributed by atoms with Gasteiger partial charge in [0.15, 0.2) is 6.61 Å². The molecule has 1 atom stereocenters. The number of amides is 2. The van der Waals surface area contributed by atoms with Gasteiger partial charge in [-0.15, -0.1) is 11.3 Å². The number of hydrogen-bond acceptors (Lipinski definition) is 4. The molecule has 0 spiro atoms. The van der Waals surface area contributed by atoms with E-state index in [1.807, 2.05) is 47.4 Å². The Labute approximate surface area is 185 Å². The highest BCUT2D eigenvalue weighted by Gasteiger charge is 2.32. The van der Waals surface area contributed by atoms with Gasteiger partial charge in [0.1, 0.15) is 5.75 Å². The maximum Gasteiger partial charge on any atom is 0.261 e. The lowest BCUT2D eigenvalue weighted by Gasteiger charge is -2.36. The van der Waals surface area contributed by atoms with E-state index in [9.17, 15) is 9.59 Å². The fraction of sp³-hybridized carbons (Fsp3) is 0.280. The molecule has 1 fully saturated rings. The largest absolute Gasteiger partial charge is 0.484 e. The summed E-state index contributed by atoms with van der Waals surface area (Å²) in [5.41, 5.74) is 3.22. The number of benzene rings is 2. The van der Waals surface area contributed by atoms with E-state index < -0.39 is 0 Å². The number of nitrogens with zero attached hydrogens (tertiary/aromatic N) is 2. The summed E-state index contributed by atoms with van der Waals surface area (Å²) in [7, 11) is 0. The third kappa shape index (κ3) is 3.95. The van der Waals surface area contributed by atoms with Crippen molar-refractivity contribution >= 4 is 28.8 Å². The zero-order valence-electron chi connectivity index (χ0n) is 17.2. The lowest BCUT2D eigenvalue weighted by molar-refractivity contribution is -0.135. The quantitative estimate of drug-likeness (QED) is 0.599.